The zero-order chi connectivity index (χ0) is 10.2. The van der Waals surface area contributed by atoms with Crippen molar-refractivity contribution in [2.45, 2.75) is 0 Å². The summed E-state index contributed by atoms with van der Waals surface area (Å²) in [5.41, 5.74) is 5.44. The molecular weight excluding hydrogens is 307 g/mol. The van der Waals surface area contributed by atoms with E-state index in [1.807, 2.05) is 0 Å². The van der Waals surface area contributed by atoms with Crippen LogP contribution in [0.3, 0.4) is 0 Å². The van der Waals surface area contributed by atoms with Crippen molar-refractivity contribution in [1.82, 2.24) is 15.3 Å². The Hall–Kier alpha value is -1.12. The zero-order valence-corrected chi connectivity index (χ0v) is 10.8. The monoisotopic (exact) mass is 322 g/mol. The maximum Gasteiger partial charge on any atom is 0.188 e. The molecule has 1 aromatic rings. The molecule has 0 aliphatic carbocycles. The summed E-state index contributed by atoms with van der Waals surface area (Å²) >= 11 is 0. The van der Waals surface area contributed by atoms with E-state index in [1.54, 1.807) is 25.6 Å². The summed E-state index contributed by atoms with van der Waals surface area (Å²) < 4.78 is 0. The van der Waals surface area contributed by atoms with Crippen LogP contribution in [0.1, 0.15) is 0 Å². The van der Waals surface area contributed by atoms with E-state index in [2.05, 4.69) is 25.6 Å². The lowest BCUT2D eigenvalue weighted by Crippen LogP contribution is -2.34. The van der Waals surface area contributed by atoms with Crippen LogP contribution in [0.25, 0.3) is 0 Å². The Labute approximate surface area is 106 Å². The van der Waals surface area contributed by atoms with E-state index in [1.165, 1.54) is 0 Å². The molecule has 1 rings (SSSR count). The third-order valence-electron chi connectivity index (χ3n) is 1.54. The van der Waals surface area contributed by atoms with Crippen LogP contribution >= 0.6 is 24.0 Å². The van der Waals surface area contributed by atoms with Crippen molar-refractivity contribution in [2.75, 3.05) is 25.5 Å². The van der Waals surface area contributed by atoms with Crippen LogP contribution in [-0.2, 0) is 0 Å². The maximum atomic E-state index is 5.44. The van der Waals surface area contributed by atoms with Gasteiger partial charge in [-0.1, -0.05) is 0 Å². The highest BCUT2D eigenvalue weighted by molar-refractivity contribution is 14.0. The Morgan fingerprint density at radius 3 is 2.87 bits per heavy atom. The Balaban J connectivity index is 0.00000196. The number of rotatable bonds is 4. The van der Waals surface area contributed by atoms with Gasteiger partial charge in [-0.05, 0) is 0 Å². The molecule has 0 aromatic carbocycles. The lowest BCUT2D eigenvalue weighted by molar-refractivity contribution is 0.889. The van der Waals surface area contributed by atoms with Gasteiger partial charge >= 0.3 is 0 Å². The highest BCUT2D eigenvalue weighted by atomic mass is 127. The fraction of sp³-hybridized carbons (Fsp3) is 0.375. The summed E-state index contributed by atoms with van der Waals surface area (Å²) in [5, 5.41) is 6.00. The predicted molar refractivity (Wildman–Crippen MR) is 71.5 cm³/mol. The smallest absolute Gasteiger partial charge is 0.188 e. The molecule has 0 bridgehead atoms. The van der Waals surface area contributed by atoms with Crippen molar-refractivity contribution in [3.63, 3.8) is 0 Å². The third-order valence-corrected chi connectivity index (χ3v) is 1.54. The number of nitrogens with two attached hydrogens (primary N) is 1. The Morgan fingerprint density at radius 1 is 1.47 bits per heavy atom. The summed E-state index contributed by atoms with van der Waals surface area (Å²) in [7, 11) is 1.64. The van der Waals surface area contributed by atoms with Gasteiger partial charge in [-0.2, -0.15) is 0 Å². The lowest BCUT2D eigenvalue weighted by atomic mass is 10.5. The van der Waals surface area contributed by atoms with Crippen LogP contribution in [0.2, 0.25) is 0 Å². The van der Waals surface area contributed by atoms with Gasteiger partial charge in [0, 0.05) is 32.5 Å². The van der Waals surface area contributed by atoms with Crippen LogP contribution in [0.5, 0.6) is 0 Å². The quantitative estimate of drug-likeness (QED) is 0.315. The van der Waals surface area contributed by atoms with Crippen molar-refractivity contribution in [3.8, 4) is 0 Å². The van der Waals surface area contributed by atoms with E-state index in [0.717, 1.165) is 12.4 Å². The minimum absolute atomic E-state index is 0. The molecule has 0 saturated carbocycles. The van der Waals surface area contributed by atoms with Gasteiger partial charge in [-0.3, -0.25) is 9.98 Å². The van der Waals surface area contributed by atoms with E-state index in [9.17, 15) is 0 Å². The average Bonchev–Trinajstić information content (AvgIpc) is 2.25. The van der Waals surface area contributed by atoms with Gasteiger partial charge in [0.2, 0.25) is 0 Å². The molecule has 0 aliphatic rings. The van der Waals surface area contributed by atoms with Gasteiger partial charge in [-0.15, -0.1) is 24.0 Å². The highest BCUT2D eigenvalue weighted by Crippen LogP contribution is 1.94. The topological polar surface area (TPSA) is 88.2 Å². The summed E-state index contributed by atoms with van der Waals surface area (Å²) in [4.78, 5) is 11.7. The first-order valence-electron chi connectivity index (χ1n) is 4.29. The van der Waals surface area contributed by atoms with Gasteiger partial charge in [0.25, 0.3) is 0 Å². The van der Waals surface area contributed by atoms with Gasteiger partial charge in [0.1, 0.15) is 5.82 Å². The fourth-order valence-corrected chi connectivity index (χ4v) is 0.851. The van der Waals surface area contributed by atoms with Crippen LogP contribution in [-0.4, -0.2) is 36.1 Å². The maximum absolute atomic E-state index is 5.44. The van der Waals surface area contributed by atoms with E-state index < -0.39 is 0 Å². The molecule has 0 amide bonds. The number of guanidine groups is 1. The molecule has 1 heterocycles. The molecule has 84 valence electrons. The number of aromatic nitrogens is 2. The largest absolute Gasteiger partial charge is 0.370 e. The standard InChI is InChI=1S/C8H14N6.HI/c1-10-8(9)14-5-4-13-7-6-11-2-3-12-7;/h2-3,6H,4-5H2,1H3,(H,12,13)(H3,9,10,14);1H. The fourth-order valence-electron chi connectivity index (χ4n) is 0.851. The number of nitrogens with zero attached hydrogens (tertiary/aromatic N) is 3. The molecule has 0 spiro atoms. The van der Waals surface area contributed by atoms with Crippen molar-refractivity contribution >= 4 is 35.8 Å². The molecule has 4 N–H and O–H groups in total. The summed E-state index contributed by atoms with van der Waals surface area (Å²) in [6.45, 7) is 1.41. The summed E-state index contributed by atoms with van der Waals surface area (Å²) in [5.74, 6) is 1.19. The second kappa shape index (κ2) is 8.21. The number of anilines is 1. The minimum atomic E-state index is 0. The molecule has 0 aliphatic heterocycles. The summed E-state index contributed by atoms with van der Waals surface area (Å²) in [6, 6.07) is 0. The van der Waals surface area contributed by atoms with Crippen molar-refractivity contribution < 1.29 is 0 Å². The number of hydrogen-bond acceptors (Lipinski definition) is 4. The second-order valence-electron chi connectivity index (χ2n) is 2.55. The molecule has 1 aromatic heterocycles. The molecule has 7 heteroatoms. The first-order chi connectivity index (χ1) is 6.83. The van der Waals surface area contributed by atoms with E-state index in [-0.39, 0.29) is 24.0 Å². The first kappa shape index (κ1) is 13.9. The van der Waals surface area contributed by atoms with Crippen molar-refractivity contribution in [3.05, 3.63) is 18.6 Å². The Bertz CT molecular complexity index is 288. The minimum Gasteiger partial charge on any atom is -0.370 e. The van der Waals surface area contributed by atoms with Crippen LogP contribution in [0.15, 0.2) is 23.6 Å². The number of nitrogens with one attached hydrogen (secondary N) is 2. The molecule has 6 nitrogen and oxygen atoms in total. The van der Waals surface area contributed by atoms with E-state index >= 15 is 0 Å². The van der Waals surface area contributed by atoms with E-state index in [4.69, 9.17) is 5.73 Å². The van der Waals surface area contributed by atoms with E-state index in [0.29, 0.717) is 12.5 Å². The number of halogens is 1. The molecule has 0 unspecified atom stereocenters. The Kier molecular flexibility index (Phi) is 7.60. The molecule has 0 radical (unpaired) electrons. The molecule has 0 fully saturated rings. The predicted octanol–water partition coefficient (Wildman–Crippen LogP) is 0.0406. The Morgan fingerprint density at radius 2 is 2.27 bits per heavy atom. The zero-order valence-electron chi connectivity index (χ0n) is 8.47. The van der Waals surface area contributed by atoms with Crippen LogP contribution < -0.4 is 16.4 Å². The SMILES string of the molecule is CN=C(N)NCCNc1cnccn1.I. The van der Waals surface area contributed by atoms with Crippen LogP contribution in [0.4, 0.5) is 5.82 Å². The van der Waals surface area contributed by atoms with Crippen molar-refractivity contribution in [2.24, 2.45) is 10.7 Å². The number of hydrogen-bond donors (Lipinski definition) is 3. The van der Waals surface area contributed by atoms with Gasteiger partial charge in [0.15, 0.2) is 5.96 Å². The molecule has 0 atom stereocenters. The molecule has 15 heavy (non-hydrogen) atoms. The lowest BCUT2D eigenvalue weighted by Gasteiger charge is -2.06. The molecular formula is C8H15IN6. The van der Waals surface area contributed by atoms with Gasteiger partial charge < -0.3 is 16.4 Å². The summed E-state index contributed by atoms with van der Waals surface area (Å²) in [6.07, 6.45) is 4.93. The average molecular weight is 322 g/mol. The van der Waals surface area contributed by atoms with Crippen LogP contribution in [0, 0.1) is 0 Å². The van der Waals surface area contributed by atoms with Crippen molar-refractivity contribution in [1.29, 1.82) is 0 Å². The third kappa shape index (κ3) is 6.05. The normalized spacial score (nSPS) is 10.3. The van der Waals surface area contributed by atoms with Gasteiger partial charge in [0.05, 0.1) is 6.20 Å². The first-order valence-corrected chi connectivity index (χ1v) is 4.29. The van der Waals surface area contributed by atoms with Gasteiger partial charge in [-0.25, -0.2) is 4.98 Å². The highest BCUT2D eigenvalue weighted by Gasteiger charge is 1.91. The number of aliphatic imine (C=N–C) groups is 1. The second-order valence-corrected chi connectivity index (χ2v) is 2.55. The molecule has 0 saturated heterocycles.